The molecule has 3 aromatic rings. The zero-order valence-corrected chi connectivity index (χ0v) is 12.7. The van der Waals surface area contributed by atoms with Crippen molar-refractivity contribution >= 4 is 6.21 Å². The second-order valence-electron chi connectivity index (χ2n) is 5.29. The zero-order valence-electron chi connectivity index (χ0n) is 12.7. The molecule has 0 fully saturated rings. The van der Waals surface area contributed by atoms with Crippen molar-refractivity contribution in [2.24, 2.45) is 5.10 Å². The minimum Gasteiger partial charge on any atom is -0.507 e. The Morgan fingerprint density at radius 3 is 2.41 bits per heavy atom. The van der Waals surface area contributed by atoms with E-state index in [4.69, 9.17) is 0 Å². The van der Waals surface area contributed by atoms with E-state index < -0.39 is 0 Å². The van der Waals surface area contributed by atoms with E-state index in [1.54, 1.807) is 18.3 Å². The lowest BCUT2D eigenvalue weighted by atomic mass is 10.1. The van der Waals surface area contributed by atoms with Gasteiger partial charge in [-0.3, -0.25) is 0 Å². The van der Waals surface area contributed by atoms with Gasteiger partial charge in [-0.25, -0.2) is 4.68 Å². The van der Waals surface area contributed by atoms with Crippen molar-refractivity contribution in [1.29, 1.82) is 0 Å². The highest BCUT2D eigenvalue weighted by molar-refractivity contribution is 5.83. The number of aromatic hydroxyl groups is 1. The molecule has 0 atom stereocenters. The van der Waals surface area contributed by atoms with Gasteiger partial charge < -0.3 is 5.11 Å². The number of aryl methyl sites for hydroxylation is 2. The molecule has 2 aromatic carbocycles. The molecule has 0 aliphatic rings. The van der Waals surface area contributed by atoms with E-state index in [2.05, 4.69) is 30.2 Å². The average Bonchev–Trinajstić information content (AvgIpc) is 2.88. The topological polar surface area (TPSA) is 37.5 Å². The molecule has 0 unspecified atom stereocenters. The van der Waals surface area contributed by atoms with Gasteiger partial charge in [-0.1, -0.05) is 36.4 Å². The molecule has 1 aromatic heterocycles. The molecule has 110 valence electrons. The number of phenolic OH excluding ortho intramolecular Hbond substituents is 1. The van der Waals surface area contributed by atoms with Crippen LogP contribution in [0.5, 0.6) is 5.75 Å². The molecule has 0 aliphatic carbocycles. The van der Waals surface area contributed by atoms with Gasteiger partial charge >= 0.3 is 0 Å². The summed E-state index contributed by atoms with van der Waals surface area (Å²) in [5, 5.41) is 14.4. The number of para-hydroxylation sites is 1. The lowest BCUT2D eigenvalue weighted by Gasteiger charge is -2.08. The number of benzene rings is 2. The molecule has 0 saturated heterocycles. The van der Waals surface area contributed by atoms with Crippen LogP contribution in [-0.2, 0) is 0 Å². The standard InChI is InChI=1S/C19H18N2O/c1-14-7-3-5-9-17(14)18-12-11-15(2)21(18)20-13-16-8-4-6-10-19(16)22/h3-13,22H,1-2H3. The third kappa shape index (κ3) is 2.66. The van der Waals surface area contributed by atoms with Crippen LogP contribution in [0.15, 0.2) is 65.8 Å². The van der Waals surface area contributed by atoms with Crippen LogP contribution < -0.4 is 0 Å². The first-order valence-corrected chi connectivity index (χ1v) is 7.23. The van der Waals surface area contributed by atoms with Crippen LogP contribution in [0.4, 0.5) is 0 Å². The summed E-state index contributed by atoms with van der Waals surface area (Å²) in [5.74, 6) is 0.230. The molecule has 0 spiro atoms. The van der Waals surface area contributed by atoms with Gasteiger partial charge in [0.05, 0.1) is 11.9 Å². The summed E-state index contributed by atoms with van der Waals surface area (Å²) in [6.07, 6.45) is 1.68. The second-order valence-corrected chi connectivity index (χ2v) is 5.29. The van der Waals surface area contributed by atoms with Crippen LogP contribution in [-0.4, -0.2) is 16.0 Å². The summed E-state index contributed by atoms with van der Waals surface area (Å²) in [4.78, 5) is 0. The van der Waals surface area contributed by atoms with Gasteiger partial charge in [-0.15, -0.1) is 0 Å². The third-order valence-electron chi connectivity index (χ3n) is 3.71. The van der Waals surface area contributed by atoms with Gasteiger partial charge in [0.25, 0.3) is 0 Å². The summed E-state index contributed by atoms with van der Waals surface area (Å²) in [6, 6.07) is 19.5. The molecule has 0 radical (unpaired) electrons. The largest absolute Gasteiger partial charge is 0.507 e. The highest BCUT2D eigenvalue weighted by atomic mass is 16.3. The van der Waals surface area contributed by atoms with Gasteiger partial charge in [0.2, 0.25) is 0 Å². The minimum absolute atomic E-state index is 0.230. The molecule has 1 N–H and O–H groups in total. The average molecular weight is 290 g/mol. The lowest BCUT2D eigenvalue weighted by molar-refractivity contribution is 0.474. The van der Waals surface area contributed by atoms with Crippen molar-refractivity contribution in [2.45, 2.75) is 13.8 Å². The summed E-state index contributed by atoms with van der Waals surface area (Å²) in [5.41, 5.74) is 5.16. The van der Waals surface area contributed by atoms with Crippen LogP contribution in [0, 0.1) is 13.8 Å². The maximum atomic E-state index is 9.84. The van der Waals surface area contributed by atoms with E-state index in [0.717, 1.165) is 17.0 Å². The highest BCUT2D eigenvalue weighted by Crippen LogP contribution is 2.25. The monoisotopic (exact) mass is 290 g/mol. The highest BCUT2D eigenvalue weighted by Gasteiger charge is 2.08. The Labute approximate surface area is 130 Å². The van der Waals surface area contributed by atoms with Crippen molar-refractivity contribution < 1.29 is 5.11 Å². The van der Waals surface area contributed by atoms with E-state index in [1.165, 1.54) is 5.56 Å². The number of rotatable bonds is 3. The summed E-state index contributed by atoms with van der Waals surface area (Å²) in [7, 11) is 0. The maximum Gasteiger partial charge on any atom is 0.124 e. The molecule has 3 rings (SSSR count). The first-order valence-electron chi connectivity index (χ1n) is 7.23. The fraction of sp³-hybridized carbons (Fsp3) is 0.105. The summed E-state index contributed by atoms with van der Waals surface area (Å²) < 4.78 is 1.90. The van der Waals surface area contributed by atoms with Crippen LogP contribution in [0.3, 0.4) is 0 Å². The first-order chi connectivity index (χ1) is 10.7. The Kier molecular flexibility index (Phi) is 3.79. The van der Waals surface area contributed by atoms with Crippen molar-refractivity contribution in [3.63, 3.8) is 0 Å². The van der Waals surface area contributed by atoms with E-state index in [9.17, 15) is 5.11 Å². The lowest BCUT2D eigenvalue weighted by Crippen LogP contribution is -1.97. The van der Waals surface area contributed by atoms with E-state index >= 15 is 0 Å². The maximum absolute atomic E-state index is 9.84. The summed E-state index contributed by atoms with van der Waals surface area (Å²) >= 11 is 0. The Morgan fingerprint density at radius 2 is 1.64 bits per heavy atom. The van der Waals surface area contributed by atoms with Crippen molar-refractivity contribution in [3.8, 4) is 17.0 Å². The normalized spacial score (nSPS) is 11.2. The Morgan fingerprint density at radius 1 is 0.909 bits per heavy atom. The van der Waals surface area contributed by atoms with Gasteiger partial charge in [-0.2, -0.15) is 5.10 Å². The number of hydrogen-bond donors (Lipinski definition) is 1. The van der Waals surface area contributed by atoms with Crippen molar-refractivity contribution in [3.05, 3.63) is 77.5 Å². The SMILES string of the molecule is Cc1ccccc1-c1ccc(C)n1N=Cc1ccccc1O. The molecule has 0 bridgehead atoms. The number of aromatic nitrogens is 1. The molecule has 0 aliphatic heterocycles. The summed E-state index contributed by atoms with van der Waals surface area (Å²) in [6.45, 7) is 4.11. The van der Waals surface area contributed by atoms with Crippen LogP contribution in [0.2, 0.25) is 0 Å². The van der Waals surface area contributed by atoms with Crippen LogP contribution in [0.1, 0.15) is 16.8 Å². The molecule has 1 heterocycles. The van der Waals surface area contributed by atoms with Gasteiger partial charge in [0, 0.05) is 16.8 Å². The van der Waals surface area contributed by atoms with E-state index in [-0.39, 0.29) is 5.75 Å². The number of nitrogens with zero attached hydrogens (tertiary/aromatic N) is 2. The zero-order chi connectivity index (χ0) is 15.5. The van der Waals surface area contributed by atoms with E-state index in [1.807, 2.05) is 41.9 Å². The van der Waals surface area contributed by atoms with Gasteiger partial charge in [0.15, 0.2) is 0 Å². The number of hydrogen-bond acceptors (Lipinski definition) is 2. The molecular formula is C19H18N2O. The Bertz CT molecular complexity index is 831. The molecule has 22 heavy (non-hydrogen) atoms. The second kappa shape index (κ2) is 5.90. The fourth-order valence-electron chi connectivity index (χ4n) is 2.46. The van der Waals surface area contributed by atoms with Crippen LogP contribution in [0.25, 0.3) is 11.3 Å². The number of phenols is 1. The quantitative estimate of drug-likeness (QED) is 0.715. The molecule has 0 saturated carbocycles. The Balaban J connectivity index is 2.04. The smallest absolute Gasteiger partial charge is 0.124 e. The Hall–Kier alpha value is -2.81. The molecule has 3 nitrogen and oxygen atoms in total. The first kappa shape index (κ1) is 14.1. The minimum atomic E-state index is 0.230. The van der Waals surface area contributed by atoms with Crippen molar-refractivity contribution in [2.75, 3.05) is 0 Å². The predicted molar refractivity (Wildman–Crippen MR) is 90.4 cm³/mol. The molecular weight excluding hydrogens is 272 g/mol. The van der Waals surface area contributed by atoms with Gasteiger partial charge in [-0.05, 0) is 43.7 Å². The molecule has 3 heteroatoms. The predicted octanol–water partition coefficient (Wildman–Crippen LogP) is 4.36. The van der Waals surface area contributed by atoms with E-state index in [0.29, 0.717) is 5.56 Å². The molecule has 0 amide bonds. The third-order valence-corrected chi connectivity index (χ3v) is 3.71. The van der Waals surface area contributed by atoms with Crippen molar-refractivity contribution in [1.82, 2.24) is 4.68 Å². The van der Waals surface area contributed by atoms with Crippen LogP contribution >= 0.6 is 0 Å². The van der Waals surface area contributed by atoms with Gasteiger partial charge in [0.1, 0.15) is 5.75 Å². The fourth-order valence-corrected chi connectivity index (χ4v) is 2.46.